The Kier molecular flexibility index (Phi) is 7.16. The summed E-state index contributed by atoms with van der Waals surface area (Å²) in [4.78, 5) is 15.7. The van der Waals surface area contributed by atoms with Gasteiger partial charge in [0, 0.05) is 17.2 Å². The minimum absolute atomic E-state index is 0.0784. The number of para-hydroxylation sites is 4. The van der Waals surface area contributed by atoms with Crippen LogP contribution in [0.4, 0.5) is 5.69 Å². The number of fused-ring (bicyclic) bond motifs is 9. The second-order valence-electron chi connectivity index (χ2n) is 14.7. The molecular weight excluding hydrogens is 657 g/mol. The fraction of sp³-hybridized carbons (Fsp3) is 0.100. The number of aryl methyl sites for hydroxylation is 1. The zero-order valence-electron chi connectivity index (χ0n) is 29.7. The maximum Gasteiger partial charge on any atom is 0.148 e. The van der Waals surface area contributed by atoms with Crippen LogP contribution in [0.25, 0.3) is 49.8 Å². The first kappa shape index (κ1) is 30.9. The van der Waals surface area contributed by atoms with Crippen molar-refractivity contribution in [1.82, 2.24) is 14.4 Å². The standard InChI is InChI=1S/C50H36N4/c1-2-12-32(13-3-1)22-29-40-39-16-6-8-18-44(39)51-48(40)34-25-23-33(24-26-34)35-27-28-36-31-43(38-15-5-4-14-37(38)42(36)30-35)50-52-45-19-9-7-17-41(45)49-53-46-20-10-11-21-47(46)54(49)50/h1-21,23-28,30,40,43H,22,29,31H2. The Bertz CT molecular complexity index is 2920. The first-order chi connectivity index (χ1) is 26.8. The van der Waals surface area contributed by atoms with Gasteiger partial charge in [0.15, 0.2) is 0 Å². The maximum atomic E-state index is 5.39. The summed E-state index contributed by atoms with van der Waals surface area (Å²) < 4.78 is 2.30. The van der Waals surface area contributed by atoms with E-state index in [0.717, 1.165) is 58.4 Å². The summed E-state index contributed by atoms with van der Waals surface area (Å²) >= 11 is 0. The Morgan fingerprint density at radius 2 is 1.26 bits per heavy atom. The molecular formula is C50H36N4. The number of nitrogens with zero attached hydrogens (tertiary/aromatic N) is 4. The number of aromatic nitrogens is 3. The molecule has 2 aromatic heterocycles. The number of hydrogen-bond donors (Lipinski definition) is 0. The SMILES string of the molecule is c1ccc(CCC2C(c3ccc(-c4ccc5c(c4)-c4ccccc4C(c4nc6ccccc6c6nc7ccccc7n46)C5)cc3)=Nc3ccccc32)cc1. The molecule has 0 bridgehead atoms. The molecule has 0 N–H and O–H groups in total. The van der Waals surface area contributed by atoms with Crippen molar-refractivity contribution in [2.75, 3.05) is 0 Å². The van der Waals surface area contributed by atoms with Gasteiger partial charge in [-0.25, -0.2) is 9.97 Å². The van der Waals surface area contributed by atoms with E-state index in [-0.39, 0.29) is 11.8 Å². The van der Waals surface area contributed by atoms with E-state index in [1.165, 1.54) is 55.8 Å². The van der Waals surface area contributed by atoms with Gasteiger partial charge in [-0.3, -0.25) is 9.39 Å². The second-order valence-corrected chi connectivity index (χ2v) is 14.7. The summed E-state index contributed by atoms with van der Waals surface area (Å²) in [5.41, 5.74) is 17.8. The normalized spacial score (nSPS) is 16.0. The predicted molar refractivity (Wildman–Crippen MR) is 221 cm³/mol. The lowest BCUT2D eigenvalue weighted by atomic mass is 9.77. The smallest absolute Gasteiger partial charge is 0.148 e. The fourth-order valence-electron chi connectivity index (χ4n) is 8.98. The van der Waals surface area contributed by atoms with Crippen LogP contribution >= 0.6 is 0 Å². The van der Waals surface area contributed by atoms with Crippen LogP contribution in [0, 0.1) is 0 Å². The molecule has 0 spiro atoms. The molecule has 1 aliphatic heterocycles. The first-order valence-electron chi connectivity index (χ1n) is 19.0. The van der Waals surface area contributed by atoms with Gasteiger partial charge in [-0.2, -0.15) is 0 Å². The van der Waals surface area contributed by atoms with Crippen molar-refractivity contribution in [3.63, 3.8) is 0 Å². The van der Waals surface area contributed by atoms with E-state index in [1.54, 1.807) is 0 Å². The van der Waals surface area contributed by atoms with Crippen molar-refractivity contribution in [2.45, 2.75) is 31.1 Å². The van der Waals surface area contributed by atoms with Gasteiger partial charge in [0.1, 0.15) is 11.5 Å². The number of rotatable bonds is 6. The molecule has 4 nitrogen and oxygen atoms in total. The molecule has 9 aromatic rings. The van der Waals surface area contributed by atoms with Crippen LogP contribution in [0.15, 0.2) is 175 Å². The average molecular weight is 693 g/mol. The number of benzene rings is 7. The van der Waals surface area contributed by atoms with E-state index in [4.69, 9.17) is 15.0 Å². The summed E-state index contributed by atoms with van der Waals surface area (Å²) in [7, 11) is 0. The molecule has 0 amide bonds. The van der Waals surface area contributed by atoms with Crippen LogP contribution in [0.2, 0.25) is 0 Å². The lowest BCUT2D eigenvalue weighted by Gasteiger charge is -2.29. The fourth-order valence-corrected chi connectivity index (χ4v) is 8.98. The van der Waals surface area contributed by atoms with Gasteiger partial charge >= 0.3 is 0 Å². The molecule has 7 aromatic carbocycles. The van der Waals surface area contributed by atoms with Crippen molar-refractivity contribution in [3.05, 3.63) is 203 Å². The third kappa shape index (κ3) is 5.02. The van der Waals surface area contributed by atoms with Crippen LogP contribution < -0.4 is 0 Å². The van der Waals surface area contributed by atoms with Crippen LogP contribution in [0.5, 0.6) is 0 Å². The predicted octanol–water partition coefficient (Wildman–Crippen LogP) is 11.9. The Balaban J connectivity index is 0.947. The summed E-state index contributed by atoms with van der Waals surface area (Å²) in [5, 5.41) is 1.07. The maximum absolute atomic E-state index is 5.39. The number of hydrogen-bond acceptors (Lipinski definition) is 3. The lowest BCUT2D eigenvalue weighted by molar-refractivity contribution is 0.725. The van der Waals surface area contributed by atoms with E-state index in [2.05, 4.69) is 174 Å². The first-order valence-corrected chi connectivity index (χ1v) is 19.0. The number of imidazole rings is 1. The van der Waals surface area contributed by atoms with Crippen LogP contribution in [-0.2, 0) is 12.8 Å². The molecule has 0 saturated carbocycles. The van der Waals surface area contributed by atoms with Gasteiger partial charge in [0.05, 0.1) is 27.9 Å². The molecule has 54 heavy (non-hydrogen) atoms. The summed E-state index contributed by atoms with van der Waals surface area (Å²) in [5.74, 6) is 1.39. The highest BCUT2D eigenvalue weighted by Gasteiger charge is 2.31. The van der Waals surface area contributed by atoms with Crippen LogP contribution in [0.3, 0.4) is 0 Å². The highest BCUT2D eigenvalue weighted by molar-refractivity contribution is 6.10. The Labute approximate surface area is 314 Å². The average Bonchev–Trinajstić information content (AvgIpc) is 3.82. The molecule has 256 valence electrons. The monoisotopic (exact) mass is 692 g/mol. The van der Waals surface area contributed by atoms with Crippen LogP contribution in [0.1, 0.15) is 51.9 Å². The molecule has 3 heterocycles. The molecule has 2 atom stereocenters. The third-order valence-corrected chi connectivity index (χ3v) is 11.6. The molecule has 4 heteroatoms. The summed E-state index contributed by atoms with van der Waals surface area (Å²) in [6, 6.07) is 61.3. The Morgan fingerprint density at radius 3 is 2.15 bits per heavy atom. The van der Waals surface area contributed by atoms with Crippen molar-refractivity contribution >= 4 is 39.0 Å². The topological polar surface area (TPSA) is 42.5 Å². The van der Waals surface area contributed by atoms with E-state index in [0.29, 0.717) is 0 Å². The zero-order valence-corrected chi connectivity index (χ0v) is 29.7. The van der Waals surface area contributed by atoms with E-state index in [9.17, 15) is 0 Å². The highest BCUT2D eigenvalue weighted by atomic mass is 15.1. The van der Waals surface area contributed by atoms with E-state index < -0.39 is 0 Å². The van der Waals surface area contributed by atoms with Gasteiger partial charge in [-0.15, -0.1) is 0 Å². The summed E-state index contributed by atoms with van der Waals surface area (Å²) in [6.07, 6.45) is 2.92. The van der Waals surface area contributed by atoms with E-state index in [1.807, 2.05) is 0 Å². The molecule has 0 saturated heterocycles. The van der Waals surface area contributed by atoms with Gasteiger partial charge in [0.25, 0.3) is 0 Å². The Morgan fingerprint density at radius 1 is 0.556 bits per heavy atom. The third-order valence-electron chi connectivity index (χ3n) is 11.6. The van der Waals surface area contributed by atoms with Crippen molar-refractivity contribution in [2.24, 2.45) is 4.99 Å². The quantitative estimate of drug-likeness (QED) is 0.174. The number of aliphatic imine (C=N–C) groups is 1. The van der Waals surface area contributed by atoms with Gasteiger partial charge < -0.3 is 0 Å². The van der Waals surface area contributed by atoms with Crippen molar-refractivity contribution in [1.29, 1.82) is 0 Å². The zero-order chi connectivity index (χ0) is 35.6. The van der Waals surface area contributed by atoms with Crippen LogP contribution in [-0.4, -0.2) is 20.1 Å². The van der Waals surface area contributed by atoms with Gasteiger partial charge in [-0.05, 0) is 106 Å². The summed E-state index contributed by atoms with van der Waals surface area (Å²) in [6.45, 7) is 0. The van der Waals surface area contributed by atoms with Crippen molar-refractivity contribution < 1.29 is 0 Å². The minimum Gasteiger partial charge on any atom is -0.279 e. The van der Waals surface area contributed by atoms with Gasteiger partial charge in [-0.1, -0.05) is 133 Å². The van der Waals surface area contributed by atoms with Gasteiger partial charge in [0.2, 0.25) is 0 Å². The highest BCUT2D eigenvalue weighted by Crippen LogP contribution is 2.45. The molecule has 0 radical (unpaired) electrons. The lowest BCUT2D eigenvalue weighted by Crippen LogP contribution is -2.17. The Hall–Kier alpha value is -6.65. The molecule has 2 unspecified atom stereocenters. The van der Waals surface area contributed by atoms with E-state index >= 15 is 0 Å². The van der Waals surface area contributed by atoms with Crippen molar-refractivity contribution in [3.8, 4) is 22.3 Å². The molecule has 11 rings (SSSR count). The molecule has 2 aliphatic rings. The minimum atomic E-state index is 0.0784. The molecule has 1 aliphatic carbocycles. The largest absolute Gasteiger partial charge is 0.279 e. The second kappa shape index (κ2) is 12.5. The molecule has 0 fully saturated rings.